The van der Waals surface area contributed by atoms with Gasteiger partial charge in [0.05, 0.1) is 0 Å². The normalized spacial score (nSPS) is 12.6. The Balaban J connectivity index is 4.09. The number of carbonyl (C=O) groups excluding carboxylic acids is 3. The lowest BCUT2D eigenvalue weighted by atomic mass is 10.0. The fourth-order valence-electron chi connectivity index (χ4n) is 8.06. The molecule has 0 N–H and O–H groups in total. The average molecular weight is 950 g/mol. The van der Waals surface area contributed by atoms with E-state index in [1.54, 1.807) is 0 Å². The van der Waals surface area contributed by atoms with Gasteiger partial charge < -0.3 is 14.2 Å². The van der Waals surface area contributed by atoms with E-state index in [0.29, 0.717) is 19.3 Å². The van der Waals surface area contributed by atoms with Crippen molar-refractivity contribution < 1.29 is 28.6 Å². The van der Waals surface area contributed by atoms with Crippen molar-refractivity contribution in [3.63, 3.8) is 0 Å². The summed E-state index contributed by atoms with van der Waals surface area (Å²) >= 11 is 0. The van der Waals surface area contributed by atoms with Gasteiger partial charge in [0.15, 0.2) is 6.10 Å². The van der Waals surface area contributed by atoms with Gasteiger partial charge in [-0.25, -0.2) is 0 Å². The van der Waals surface area contributed by atoms with Crippen LogP contribution in [0.2, 0.25) is 0 Å². The fraction of sp³-hybridized carbons (Fsp3) is 0.758. The summed E-state index contributed by atoms with van der Waals surface area (Å²) < 4.78 is 16.8. The zero-order valence-corrected chi connectivity index (χ0v) is 44.9. The second-order valence-electron chi connectivity index (χ2n) is 19.2. The van der Waals surface area contributed by atoms with Crippen LogP contribution in [0.15, 0.2) is 72.9 Å². The van der Waals surface area contributed by atoms with Crippen molar-refractivity contribution in [3.8, 4) is 0 Å². The third-order valence-corrected chi connectivity index (χ3v) is 12.4. The van der Waals surface area contributed by atoms with E-state index in [4.69, 9.17) is 14.2 Å². The van der Waals surface area contributed by atoms with Gasteiger partial charge >= 0.3 is 17.9 Å². The first-order valence-corrected chi connectivity index (χ1v) is 28.9. The van der Waals surface area contributed by atoms with E-state index in [9.17, 15) is 14.4 Å². The molecule has 392 valence electrons. The number of ether oxygens (including phenoxy) is 3. The monoisotopic (exact) mass is 949 g/mol. The molecule has 0 rings (SSSR count). The molecule has 0 radical (unpaired) electrons. The number of hydrogen-bond acceptors (Lipinski definition) is 6. The largest absolute Gasteiger partial charge is 0.462 e. The molecule has 0 aliphatic carbocycles. The van der Waals surface area contributed by atoms with Crippen LogP contribution >= 0.6 is 0 Å². The van der Waals surface area contributed by atoms with Crippen molar-refractivity contribution in [2.75, 3.05) is 13.2 Å². The summed E-state index contributed by atoms with van der Waals surface area (Å²) in [6.45, 7) is 6.42. The zero-order valence-electron chi connectivity index (χ0n) is 44.9. The fourth-order valence-corrected chi connectivity index (χ4v) is 8.06. The van der Waals surface area contributed by atoms with Crippen molar-refractivity contribution in [2.45, 2.75) is 290 Å². The van der Waals surface area contributed by atoms with Crippen LogP contribution in [0.25, 0.3) is 0 Å². The minimum Gasteiger partial charge on any atom is -0.462 e. The highest BCUT2D eigenvalue weighted by Gasteiger charge is 2.19. The van der Waals surface area contributed by atoms with Crippen LogP contribution in [-0.2, 0) is 28.6 Å². The third-order valence-electron chi connectivity index (χ3n) is 12.4. The molecule has 0 aliphatic rings. The number of hydrogen-bond donors (Lipinski definition) is 0. The van der Waals surface area contributed by atoms with Crippen LogP contribution in [0.3, 0.4) is 0 Å². The van der Waals surface area contributed by atoms with Crippen molar-refractivity contribution in [1.29, 1.82) is 0 Å². The first-order valence-electron chi connectivity index (χ1n) is 28.9. The molecular weight excluding hydrogens is 841 g/mol. The lowest BCUT2D eigenvalue weighted by molar-refractivity contribution is -0.167. The molecule has 0 heterocycles. The summed E-state index contributed by atoms with van der Waals surface area (Å²) in [6.07, 6.45) is 72.1. The van der Waals surface area contributed by atoms with Gasteiger partial charge in [-0.05, 0) is 96.3 Å². The highest BCUT2D eigenvalue weighted by molar-refractivity contribution is 5.71. The molecule has 1 atom stereocenters. The number of carbonyl (C=O) groups is 3. The lowest BCUT2D eigenvalue weighted by Crippen LogP contribution is -2.30. The summed E-state index contributed by atoms with van der Waals surface area (Å²) in [5.74, 6) is -0.894. The standard InChI is InChI=1S/C62H108O6/c1-4-7-10-13-16-19-22-23-24-25-26-27-28-29-30-31-32-33-34-35-36-37-38-39-41-43-46-49-52-55-61(64)67-58-59(57-66-60(63)54-51-48-45-42-21-18-15-12-9-6-3)68-62(65)56-53-50-47-44-40-20-17-14-11-8-5-2/h7,10,12,14-17,19,23-24,26-27,59H,4-6,8-9,11,13,18,20-22,25,28-58H2,1-3H3/b10-7-,15-12-,17-14-,19-16-,24-23-,27-26-. The molecule has 68 heavy (non-hydrogen) atoms. The summed E-state index contributed by atoms with van der Waals surface area (Å²) in [6, 6.07) is 0. The van der Waals surface area contributed by atoms with Crippen LogP contribution in [0.1, 0.15) is 284 Å². The van der Waals surface area contributed by atoms with Gasteiger partial charge in [0.2, 0.25) is 0 Å². The van der Waals surface area contributed by atoms with Gasteiger partial charge in [0.1, 0.15) is 13.2 Å². The third kappa shape index (κ3) is 53.8. The van der Waals surface area contributed by atoms with Gasteiger partial charge in [0, 0.05) is 19.3 Å². The van der Waals surface area contributed by atoms with Crippen molar-refractivity contribution >= 4 is 17.9 Å². The molecule has 0 bridgehead atoms. The quantitative estimate of drug-likeness (QED) is 0.0262. The van der Waals surface area contributed by atoms with Crippen LogP contribution in [-0.4, -0.2) is 37.2 Å². The molecule has 6 nitrogen and oxygen atoms in total. The highest BCUT2D eigenvalue weighted by Crippen LogP contribution is 2.16. The Hall–Kier alpha value is -3.15. The van der Waals surface area contributed by atoms with E-state index in [1.165, 1.54) is 135 Å². The molecule has 0 fully saturated rings. The smallest absolute Gasteiger partial charge is 0.306 e. The van der Waals surface area contributed by atoms with Crippen molar-refractivity contribution in [1.82, 2.24) is 0 Å². The molecule has 0 amide bonds. The number of allylic oxidation sites excluding steroid dienone is 12. The molecular formula is C62H108O6. The highest BCUT2D eigenvalue weighted by atomic mass is 16.6. The minimum atomic E-state index is -0.779. The Morgan fingerprint density at radius 2 is 0.603 bits per heavy atom. The van der Waals surface area contributed by atoms with Gasteiger partial charge in [-0.1, -0.05) is 241 Å². The maximum absolute atomic E-state index is 12.8. The van der Waals surface area contributed by atoms with Crippen LogP contribution < -0.4 is 0 Å². The van der Waals surface area contributed by atoms with Crippen LogP contribution in [0, 0.1) is 0 Å². The average Bonchev–Trinajstić information content (AvgIpc) is 3.34. The minimum absolute atomic E-state index is 0.0793. The summed E-state index contributed by atoms with van der Waals surface area (Å²) in [5, 5.41) is 0. The first-order chi connectivity index (χ1) is 33.5. The lowest BCUT2D eigenvalue weighted by Gasteiger charge is -2.18. The maximum atomic E-state index is 12.8. The Labute approximate surface area is 421 Å². The Kier molecular flexibility index (Phi) is 53.8. The SMILES string of the molecule is CC/C=C\C/C=C\C/C=C\C/C=C\CCCCCCCCCCCCCCCCCCC(=O)OCC(COC(=O)CCCCCCC/C=C\CCC)OC(=O)CCCCCCC/C=C\CCCC. The Morgan fingerprint density at radius 1 is 0.309 bits per heavy atom. The molecule has 0 saturated heterocycles. The molecule has 0 aromatic heterocycles. The predicted molar refractivity (Wildman–Crippen MR) is 293 cm³/mol. The van der Waals surface area contributed by atoms with E-state index in [0.717, 1.165) is 109 Å². The van der Waals surface area contributed by atoms with Gasteiger partial charge in [0.25, 0.3) is 0 Å². The van der Waals surface area contributed by atoms with Gasteiger partial charge in [-0.15, -0.1) is 0 Å². The first kappa shape index (κ1) is 64.8. The van der Waals surface area contributed by atoms with Crippen LogP contribution in [0.4, 0.5) is 0 Å². The second kappa shape index (κ2) is 56.4. The molecule has 1 unspecified atom stereocenters. The topological polar surface area (TPSA) is 78.9 Å². The van der Waals surface area contributed by atoms with Crippen molar-refractivity contribution in [2.24, 2.45) is 0 Å². The van der Waals surface area contributed by atoms with Crippen LogP contribution in [0.5, 0.6) is 0 Å². The number of esters is 3. The molecule has 0 aromatic carbocycles. The maximum Gasteiger partial charge on any atom is 0.306 e. The molecule has 0 saturated carbocycles. The predicted octanol–water partition coefficient (Wildman–Crippen LogP) is 19.4. The summed E-state index contributed by atoms with van der Waals surface area (Å²) in [4.78, 5) is 38.0. The van der Waals surface area contributed by atoms with E-state index >= 15 is 0 Å². The molecule has 0 spiro atoms. The van der Waals surface area contributed by atoms with E-state index in [-0.39, 0.29) is 31.1 Å². The van der Waals surface area contributed by atoms with Gasteiger partial charge in [-0.3, -0.25) is 14.4 Å². The zero-order chi connectivity index (χ0) is 49.3. The van der Waals surface area contributed by atoms with E-state index < -0.39 is 6.10 Å². The Bertz CT molecular complexity index is 1270. The van der Waals surface area contributed by atoms with E-state index in [1.807, 2.05) is 0 Å². The molecule has 0 aromatic rings. The summed E-state index contributed by atoms with van der Waals surface area (Å²) in [7, 11) is 0. The number of rotatable bonds is 52. The molecule has 6 heteroatoms. The van der Waals surface area contributed by atoms with Crippen molar-refractivity contribution in [3.05, 3.63) is 72.9 Å². The Morgan fingerprint density at radius 3 is 0.971 bits per heavy atom. The number of unbranched alkanes of at least 4 members (excludes halogenated alkanes) is 29. The summed E-state index contributed by atoms with van der Waals surface area (Å²) in [5.41, 5.74) is 0. The molecule has 0 aliphatic heterocycles. The van der Waals surface area contributed by atoms with Gasteiger partial charge in [-0.2, -0.15) is 0 Å². The van der Waals surface area contributed by atoms with E-state index in [2.05, 4.69) is 93.7 Å². The second-order valence-corrected chi connectivity index (χ2v) is 19.2.